The molecule has 1 N–H and O–H groups in total. The van der Waals surface area contributed by atoms with Gasteiger partial charge in [0.05, 0.1) is 0 Å². The molecule has 0 aliphatic carbocycles. The predicted octanol–water partition coefficient (Wildman–Crippen LogP) is 3.70. The van der Waals surface area contributed by atoms with Gasteiger partial charge in [-0.05, 0) is 31.2 Å². The normalized spacial score (nSPS) is 11.8. The van der Waals surface area contributed by atoms with Crippen LogP contribution in [0.3, 0.4) is 0 Å². The first-order valence-electron chi connectivity index (χ1n) is 5.19. The lowest BCUT2D eigenvalue weighted by Crippen LogP contribution is -2.16. The Labute approximate surface area is 86.8 Å². The van der Waals surface area contributed by atoms with Gasteiger partial charge in [0.25, 0.3) is 0 Å². The lowest BCUT2D eigenvalue weighted by atomic mass is 9.80. The molecule has 0 heterocycles. The highest BCUT2D eigenvalue weighted by Gasteiger charge is 2.22. The average Bonchev–Trinajstić information content (AvgIpc) is 2.11. The molecule has 0 atom stereocenters. The van der Waals surface area contributed by atoms with Crippen LogP contribution >= 0.6 is 0 Å². The van der Waals surface area contributed by atoms with Crippen molar-refractivity contribution in [2.24, 2.45) is 0 Å². The summed E-state index contributed by atoms with van der Waals surface area (Å²) in [6, 6.07) is 4.11. The fourth-order valence-electron chi connectivity index (χ4n) is 1.67. The molecular weight excluding hydrogens is 172 g/mol. The molecule has 0 aliphatic heterocycles. The summed E-state index contributed by atoms with van der Waals surface area (Å²) in [6.45, 7) is 10.5. The Kier molecular flexibility index (Phi) is 2.89. The van der Waals surface area contributed by atoms with Crippen LogP contribution in [0.1, 0.15) is 43.9 Å². The maximum atomic E-state index is 9.99. The molecule has 0 saturated carbocycles. The average molecular weight is 192 g/mol. The van der Waals surface area contributed by atoms with Gasteiger partial charge in [0.15, 0.2) is 0 Å². The second kappa shape index (κ2) is 3.64. The smallest absolute Gasteiger partial charge is 0.122 e. The Morgan fingerprint density at radius 1 is 1.21 bits per heavy atom. The molecule has 1 aromatic rings. The number of rotatable bonds is 2. The first-order chi connectivity index (χ1) is 6.38. The van der Waals surface area contributed by atoms with Crippen molar-refractivity contribution in [1.29, 1.82) is 0 Å². The van der Waals surface area contributed by atoms with E-state index in [0.29, 0.717) is 5.75 Å². The van der Waals surface area contributed by atoms with Crippen LogP contribution in [0, 0.1) is 13.8 Å². The van der Waals surface area contributed by atoms with E-state index in [2.05, 4.69) is 33.8 Å². The fraction of sp³-hybridized carbons (Fsp3) is 0.538. The Balaban J connectivity index is 3.34. The summed E-state index contributed by atoms with van der Waals surface area (Å²) >= 11 is 0. The summed E-state index contributed by atoms with van der Waals surface area (Å²) in [5.41, 5.74) is 3.32. The maximum absolute atomic E-state index is 9.99. The molecule has 0 amide bonds. The summed E-state index contributed by atoms with van der Waals surface area (Å²) < 4.78 is 0. The minimum Gasteiger partial charge on any atom is -0.507 e. The van der Waals surface area contributed by atoms with E-state index >= 15 is 0 Å². The second-order valence-corrected chi connectivity index (χ2v) is 4.72. The minimum atomic E-state index is 0.0564. The highest BCUT2D eigenvalue weighted by molar-refractivity contribution is 5.46. The monoisotopic (exact) mass is 192 g/mol. The molecule has 1 aromatic carbocycles. The molecule has 14 heavy (non-hydrogen) atoms. The number of hydrogen-bond acceptors (Lipinski definition) is 1. The van der Waals surface area contributed by atoms with Gasteiger partial charge in [-0.3, -0.25) is 0 Å². The molecule has 0 spiro atoms. The largest absolute Gasteiger partial charge is 0.507 e. The summed E-state index contributed by atoms with van der Waals surface area (Å²) in [5.74, 6) is 0.461. The molecule has 78 valence electrons. The first-order valence-corrected chi connectivity index (χ1v) is 5.19. The number of hydrogen-bond donors (Lipinski definition) is 1. The van der Waals surface area contributed by atoms with E-state index in [1.165, 1.54) is 5.56 Å². The van der Waals surface area contributed by atoms with Gasteiger partial charge in [-0.15, -0.1) is 0 Å². The fourth-order valence-corrected chi connectivity index (χ4v) is 1.67. The zero-order chi connectivity index (χ0) is 10.9. The Hall–Kier alpha value is -0.980. The van der Waals surface area contributed by atoms with E-state index in [1.807, 2.05) is 13.0 Å². The highest BCUT2D eigenvalue weighted by Crippen LogP contribution is 2.36. The van der Waals surface area contributed by atoms with Crippen LogP contribution in [0.4, 0.5) is 0 Å². The van der Waals surface area contributed by atoms with Gasteiger partial charge in [-0.2, -0.15) is 0 Å². The SMILES string of the molecule is CCC(C)(C)c1cc(C)cc(C)c1O. The van der Waals surface area contributed by atoms with Crippen molar-refractivity contribution in [3.8, 4) is 5.75 Å². The van der Waals surface area contributed by atoms with Crippen LogP contribution in [0.15, 0.2) is 12.1 Å². The van der Waals surface area contributed by atoms with Gasteiger partial charge in [0.1, 0.15) is 5.75 Å². The Bertz CT molecular complexity index is 337. The molecule has 0 bridgehead atoms. The van der Waals surface area contributed by atoms with Crippen molar-refractivity contribution in [2.75, 3.05) is 0 Å². The van der Waals surface area contributed by atoms with Gasteiger partial charge >= 0.3 is 0 Å². The third kappa shape index (κ3) is 1.92. The van der Waals surface area contributed by atoms with Gasteiger partial charge in [0, 0.05) is 5.56 Å². The van der Waals surface area contributed by atoms with E-state index in [0.717, 1.165) is 17.5 Å². The summed E-state index contributed by atoms with van der Waals surface area (Å²) in [7, 11) is 0. The van der Waals surface area contributed by atoms with E-state index in [9.17, 15) is 5.11 Å². The quantitative estimate of drug-likeness (QED) is 0.757. The van der Waals surface area contributed by atoms with Crippen LogP contribution in [-0.2, 0) is 5.41 Å². The Morgan fingerprint density at radius 2 is 1.79 bits per heavy atom. The molecule has 1 nitrogen and oxygen atoms in total. The van der Waals surface area contributed by atoms with E-state index in [4.69, 9.17) is 0 Å². The van der Waals surface area contributed by atoms with E-state index in [1.54, 1.807) is 0 Å². The molecular formula is C13H20O. The number of aryl methyl sites for hydroxylation is 2. The summed E-state index contributed by atoms with van der Waals surface area (Å²) in [5, 5.41) is 9.99. The first kappa shape index (κ1) is 11.1. The van der Waals surface area contributed by atoms with Crippen LogP contribution in [-0.4, -0.2) is 5.11 Å². The molecule has 0 radical (unpaired) electrons. The third-order valence-electron chi connectivity index (χ3n) is 3.06. The van der Waals surface area contributed by atoms with Crippen molar-refractivity contribution in [3.05, 3.63) is 28.8 Å². The van der Waals surface area contributed by atoms with E-state index < -0.39 is 0 Å². The predicted molar refractivity (Wildman–Crippen MR) is 60.9 cm³/mol. The van der Waals surface area contributed by atoms with Gasteiger partial charge in [-0.1, -0.05) is 38.5 Å². The Morgan fingerprint density at radius 3 is 2.29 bits per heavy atom. The molecule has 0 aliphatic rings. The van der Waals surface area contributed by atoms with Crippen molar-refractivity contribution >= 4 is 0 Å². The maximum Gasteiger partial charge on any atom is 0.122 e. The van der Waals surface area contributed by atoms with Gasteiger partial charge < -0.3 is 5.11 Å². The molecule has 1 rings (SSSR count). The summed E-state index contributed by atoms with van der Waals surface area (Å²) in [4.78, 5) is 0. The summed E-state index contributed by atoms with van der Waals surface area (Å²) in [6.07, 6.45) is 1.03. The number of aromatic hydroxyl groups is 1. The van der Waals surface area contributed by atoms with Crippen molar-refractivity contribution < 1.29 is 5.11 Å². The van der Waals surface area contributed by atoms with Gasteiger partial charge in [-0.25, -0.2) is 0 Å². The molecule has 0 fully saturated rings. The zero-order valence-corrected chi connectivity index (χ0v) is 9.81. The molecule has 1 heteroatoms. The number of phenols is 1. The molecule has 0 unspecified atom stereocenters. The van der Waals surface area contributed by atoms with Crippen molar-refractivity contribution in [2.45, 2.75) is 46.5 Å². The van der Waals surface area contributed by atoms with Crippen LogP contribution in [0.25, 0.3) is 0 Å². The van der Waals surface area contributed by atoms with Crippen LogP contribution in [0.2, 0.25) is 0 Å². The van der Waals surface area contributed by atoms with Gasteiger partial charge in [0.2, 0.25) is 0 Å². The lowest BCUT2D eigenvalue weighted by Gasteiger charge is -2.25. The standard InChI is InChI=1S/C13H20O/c1-6-13(4,5)11-8-9(2)7-10(3)12(11)14/h7-8,14H,6H2,1-5H3. The number of benzene rings is 1. The topological polar surface area (TPSA) is 20.2 Å². The van der Waals surface area contributed by atoms with E-state index in [-0.39, 0.29) is 5.41 Å². The van der Waals surface area contributed by atoms with Crippen LogP contribution < -0.4 is 0 Å². The van der Waals surface area contributed by atoms with Crippen molar-refractivity contribution in [3.63, 3.8) is 0 Å². The minimum absolute atomic E-state index is 0.0564. The molecule has 0 saturated heterocycles. The third-order valence-corrected chi connectivity index (χ3v) is 3.06. The molecule has 0 aromatic heterocycles. The zero-order valence-electron chi connectivity index (χ0n) is 9.81. The second-order valence-electron chi connectivity index (χ2n) is 4.72. The highest BCUT2D eigenvalue weighted by atomic mass is 16.3. The van der Waals surface area contributed by atoms with Crippen molar-refractivity contribution in [1.82, 2.24) is 0 Å². The lowest BCUT2D eigenvalue weighted by molar-refractivity contribution is 0.425. The number of phenolic OH excluding ortho intramolecular Hbond substituents is 1. The van der Waals surface area contributed by atoms with Crippen LogP contribution in [0.5, 0.6) is 5.75 Å².